The second kappa shape index (κ2) is 5.68. The molecule has 1 aliphatic carbocycles. The van der Waals surface area contributed by atoms with E-state index in [-0.39, 0.29) is 17.8 Å². The van der Waals surface area contributed by atoms with E-state index in [4.69, 9.17) is 17.2 Å². The van der Waals surface area contributed by atoms with E-state index >= 15 is 0 Å². The second-order valence-corrected chi connectivity index (χ2v) is 6.72. The molecule has 8 nitrogen and oxygen atoms in total. The van der Waals surface area contributed by atoms with Crippen LogP contribution in [0.5, 0.6) is 0 Å². The number of rotatable bonds is 3. The van der Waals surface area contributed by atoms with Gasteiger partial charge in [-0.05, 0) is 35.6 Å². The molecule has 1 amide bonds. The molecule has 2 unspecified atom stereocenters. The number of piperidine rings is 1. The number of hydrogen-bond donors (Lipinski definition) is 3. The summed E-state index contributed by atoms with van der Waals surface area (Å²) in [5, 5.41) is 0. The van der Waals surface area contributed by atoms with E-state index in [0.29, 0.717) is 36.2 Å². The highest BCUT2D eigenvalue weighted by atomic mass is 16.2. The number of nitrogen functional groups attached to an aromatic ring is 1. The van der Waals surface area contributed by atoms with Crippen LogP contribution in [0.25, 0.3) is 5.69 Å². The molecule has 2 aromatic rings. The molecule has 1 saturated heterocycles. The molecule has 2 aliphatic rings. The van der Waals surface area contributed by atoms with Gasteiger partial charge < -0.3 is 22.1 Å². The van der Waals surface area contributed by atoms with Crippen molar-refractivity contribution in [2.24, 2.45) is 23.3 Å². The van der Waals surface area contributed by atoms with E-state index < -0.39 is 11.7 Å². The molecule has 1 saturated carbocycles. The van der Waals surface area contributed by atoms with Crippen LogP contribution in [-0.2, 0) is 4.79 Å². The van der Waals surface area contributed by atoms with Gasteiger partial charge in [-0.3, -0.25) is 9.36 Å². The number of anilines is 1. The maximum atomic E-state index is 12.5. The van der Waals surface area contributed by atoms with Crippen LogP contribution in [0.3, 0.4) is 0 Å². The van der Waals surface area contributed by atoms with Gasteiger partial charge in [-0.25, -0.2) is 4.79 Å². The first kappa shape index (κ1) is 15.8. The van der Waals surface area contributed by atoms with Gasteiger partial charge in [0.2, 0.25) is 5.91 Å². The smallest absolute Gasteiger partial charge is 0.354 e. The summed E-state index contributed by atoms with van der Waals surface area (Å²) in [5.41, 5.74) is 18.4. The Morgan fingerprint density at radius 2 is 1.80 bits per heavy atom. The lowest BCUT2D eigenvalue weighted by atomic mass is 10.1. The summed E-state index contributed by atoms with van der Waals surface area (Å²) >= 11 is 0. The van der Waals surface area contributed by atoms with Crippen LogP contribution in [-0.4, -0.2) is 39.5 Å². The molecule has 4 rings (SSSR count). The van der Waals surface area contributed by atoms with E-state index in [9.17, 15) is 9.59 Å². The Labute approximate surface area is 144 Å². The first-order chi connectivity index (χ1) is 12.0. The van der Waals surface area contributed by atoms with Crippen LogP contribution in [0, 0.1) is 11.8 Å². The molecular formula is C17H20N6O2. The van der Waals surface area contributed by atoms with Crippen molar-refractivity contribution in [2.75, 3.05) is 18.8 Å². The summed E-state index contributed by atoms with van der Waals surface area (Å²) in [5.74, 6) is 0.958. The Balaban J connectivity index is 1.50. The topological polar surface area (TPSA) is 133 Å². The lowest BCUT2D eigenvalue weighted by Crippen LogP contribution is -2.40. The molecule has 6 N–H and O–H groups in total. The highest BCUT2D eigenvalue weighted by molar-refractivity contribution is 5.83. The van der Waals surface area contributed by atoms with Crippen molar-refractivity contribution in [3.63, 3.8) is 0 Å². The lowest BCUT2D eigenvalue weighted by Gasteiger charge is -2.23. The molecule has 0 radical (unpaired) electrons. The molecular weight excluding hydrogens is 320 g/mol. The number of nitrogens with zero attached hydrogens (tertiary/aromatic N) is 3. The molecule has 4 atom stereocenters. The number of likely N-dealkylation sites (tertiary alicyclic amines) is 1. The number of carbonyl (C=O) groups excluding carboxylic acids is 1. The van der Waals surface area contributed by atoms with Crippen molar-refractivity contribution in [1.29, 1.82) is 0 Å². The number of hydrogen-bond acceptors (Lipinski definition) is 6. The number of amides is 1. The third-order valence-electron chi connectivity index (χ3n) is 5.19. The molecule has 8 heteroatoms. The monoisotopic (exact) mass is 340 g/mol. The average Bonchev–Trinajstić information content (AvgIpc) is 3.02. The standard InChI is InChI=1S/C17H20N6O2/c18-13-5-6-23(17(25)21-13)10-3-1-9(2-4-10)14(19)16(24)22-7-11-12(8-22)15(11)20/h1-6,11-12,14-15H,7-8,19-20H2,(H2,18,21,25)/t11-,12+,14?,15?. The maximum Gasteiger partial charge on any atom is 0.354 e. The molecule has 1 aromatic heterocycles. The van der Waals surface area contributed by atoms with Crippen LogP contribution in [0.4, 0.5) is 5.82 Å². The molecule has 1 aromatic carbocycles. The predicted molar refractivity (Wildman–Crippen MR) is 92.7 cm³/mol. The van der Waals surface area contributed by atoms with Gasteiger partial charge in [0, 0.05) is 25.3 Å². The van der Waals surface area contributed by atoms with Gasteiger partial charge in [0.25, 0.3) is 0 Å². The van der Waals surface area contributed by atoms with Crippen LogP contribution < -0.4 is 22.9 Å². The fraction of sp³-hybridized carbons (Fsp3) is 0.353. The second-order valence-electron chi connectivity index (χ2n) is 6.72. The van der Waals surface area contributed by atoms with Crippen molar-refractivity contribution in [3.05, 3.63) is 52.6 Å². The van der Waals surface area contributed by atoms with Crippen molar-refractivity contribution in [3.8, 4) is 5.69 Å². The van der Waals surface area contributed by atoms with Crippen molar-refractivity contribution >= 4 is 11.7 Å². The molecule has 2 fully saturated rings. The summed E-state index contributed by atoms with van der Waals surface area (Å²) in [7, 11) is 0. The normalized spacial score (nSPS) is 25.5. The van der Waals surface area contributed by atoms with Gasteiger partial charge in [0.15, 0.2) is 0 Å². The number of fused-ring (bicyclic) bond motifs is 1. The Morgan fingerprint density at radius 1 is 1.16 bits per heavy atom. The quantitative estimate of drug-likeness (QED) is 0.672. The van der Waals surface area contributed by atoms with Crippen LogP contribution in [0.15, 0.2) is 41.3 Å². The summed E-state index contributed by atoms with van der Waals surface area (Å²) in [6.45, 7) is 1.39. The van der Waals surface area contributed by atoms with Gasteiger partial charge >= 0.3 is 5.69 Å². The first-order valence-corrected chi connectivity index (χ1v) is 8.21. The van der Waals surface area contributed by atoms with E-state index in [1.54, 1.807) is 41.4 Å². The van der Waals surface area contributed by atoms with Gasteiger partial charge in [0.1, 0.15) is 11.9 Å². The zero-order valence-corrected chi connectivity index (χ0v) is 13.6. The van der Waals surface area contributed by atoms with E-state index in [2.05, 4.69) is 4.98 Å². The summed E-state index contributed by atoms with van der Waals surface area (Å²) in [6, 6.07) is 8.05. The highest BCUT2D eigenvalue weighted by Gasteiger charge is 2.54. The van der Waals surface area contributed by atoms with Gasteiger partial charge in [-0.1, -0.05) is 12.1 Å². The minimum Gasteiger partial charge on any atom is -0.383 e. The van der Waals surface area contributed by atoms with Crippen LogP contribution >= 0.6 is 0 Å². The minimum absolute atomic E-state index is 0.0848. The van der Waals surface area contributed by atoms with Gasteiger partial charge in [0.05, 0.1) is 5.69 Å². The zero-order chi connectivity index (χ0) is 17.7. The Bertz CT molecular complexity index is 865. The minimum atomic E-state index is -0.718. The average molecular weight is 340 g/mol. The van der Waals surface area contributed by atoms with Gasteiger partial charge in [-0.2, -0.15) is 4.98 Å². The Morgan fingerprint density at radius 3 is 2.40 bits per heavy atom. The number of benzene rings is 1. The molecule has 0 bridgehead atoms. The lowest BCUT2D eigenvalue weighted by molar-refractivity contribution is -0.132. The largest absolute Gasteiger partial charge is 0.383 e. The molecule has 130 valence electrons. The zero-order valence-electron chi connectivity index (χ0n) is 13.6. The Kier molecular flexibility index (Phi) is 3.59. The third-order valence-corrected chi connectivity index (χ3v) is 5.19. The first-order valence-electron chi connectivity index (χ1n) is 8.21. The van der Waals surface area contributed by atoms with Crippen LogP contribution in [0.2, 0.25) is 0 Å². The number of nitrogens with two attached hydrogens (primary N) is 3. The van der Waals surface area contributed by atoms with E-state index in [1.165, 1.54) is 4.57 Å². The summed E-state index contributed by atoms with van der Waals surface area (Å²) in [6.07, 6.45) is 1.56. The number of aromatic nitrogens is 2. The Hall–Kier alpha value is -2.71. The van der Waals surface area contributed by atoms with Crippen LogP contribution in [0.1, 0.15) is 11.6 Å². The third kappa shape index (κ3) is 2.69. The van der Waals surface area contributed by atoms with Crippen molar-refractivity contribution in [2.45, 2.75) is 12.1 Å². The number of carbonyl (C=O) groups is 1. The van der Waals surface area contributed by atoms with E-state index in [1.807, 2.05) is 0 Å². The summed E-state index contributed by atoms with van der Waals surface area (Å²) in [4.78, 5) is 29.9. The maximum absolute atomic E-state index is 12.5. The van der Waals surface area contributed by atoms with Gasteiger partial charge in [-0.15, -0.1) is 0 Å². The van der Waals surface area contributed by atoms with Crippen molar-refractivity contribution in [1.82, 2.24) is 14.5 Å². The fourth-order valence-corrected chi connectivity index (χ4v) is 3.55. The predicted octanol–water partition coefficient (Wildman–Crippen LogP) is -0.770. The van der Waals surface area contributed by atoms with Crippen molar-refractivity contribution < 1.29 is 4.79 Å². The SMILES string of the molecule is Nc1ccn(-c2ccc(C(N)C(=O)N3C[C@@H]4C(N)[C@@H]4C3)cc2)c(=O)n1. The fourth-order valence-electron chi connectivity index (χ4n) is 3.55. The molecule has 25 heavy (non-hydrogen) atoms. The molecule has 1 aliphatic heterocycles. The molecule has 0 spiro atoms. The summed E-state index contributed by atoms with van der Waals surface area (Å²) < 4.78 is 1.38. The van der Waals surface area contributed by atoms with E-state index in [0.717, 1.165) is 0 Å². The highest BCUT2D eigenvalue weighted by Crippen LogP contribution is 2.44. The molecule has 2 heterocycles.